The molecule has 2 aromatic carbocycles. The highest BCUT2D eigenvalue weighted by Gasteiger charge is 2.17. The van der Waals surface area contributed by atoms with E-state index in [9.17, 15) is 9.59 Å². The summed E-state index contributed by atoms with van der Waals surface area (Å²) in [6.45, 7) is 0. The van der Waals surface area contributed by atoms with Gasteiger partial charge in [-0.05, 0) is 41.8 Å². The molecule has 0 aromatic heterocycles. The van der Waals surface area contributed by atoms with E-state index in [1.165, 1.54) is 24.3 Å². The third kappa shape index (κ3) is 7.45. The minimum absolute atomic E-state index is 0.141. The third-order valence-corrected chi connectivity index (χ3v) is 4.73. The van der Waals surface area contributed by atoms with Gasteiger partial charge in [0.15, 0.2) is 0 Å². The minimum Gasteiger partial charge on any atom is -0.508 e. The maximum absolute atomic E-state index is 10.7. The van der Waals surface area contributed by atoms with Crippen molar-refractivity contribution in [3.63, 3.8) is 0 Å². The summed E-state index contributed by atoms with van der Waals surface area (Å²) in [5.74, 6) is -1.98. The molecule has 0 bridgehead atoms. The molecule has 2 atom stereocenters. The van der Waals surface area contributed by atoms with Gasteiger partial charge in [0, 0.05) is 5.33 Å². The smallest absolute Gasteiger partial charge is 0.317 e. The summed E-state index contributed by atoms with van der Waals surface area (Å²) in [5.41, 5.74) is 1.56. The summed E-state index contributed by atoms with van der Waals surface area (Å²) in [6.07, 6.45) is 0.412. The van der Waals surface area contributed by atoms with E-state index in [4.69, 9.17) is 20.4 Å². The van der Waals surface area contributed by atoms with Crippen molar-refractivity contribution in [3.05, 3.63) is 59.7 Å². The lowest BCUT2D eigenvalue weighted by Gasteiger charge is -2.08. The van der Waals surface area contributed by atoms with Crippen molar-refractivity contribution in [3.8, 4) is 11.5 Å². The molecule has 140 valence electrons. The maximum Gasteiger partial charge on any atom is 0.317 e. The Morgan fingerprint density at radius 2 is 1.31 bits per heavy atom. The van der Waals surface area contributed by atoms with Gasteiger partial charge in [0.05, 0.1) is 5.92 Å². The van der Waals surface area contributed by atoms with Crippen LogP contribution < -0.4 is 0 Å². The number of carboxylic acid groups (broad SMARTS) is 2. The van der Waals surface area contributed by atoms with Gasteiger partial charge in [0.1, 0.15) is 16.3 Å². The molecule has 2 rings (SSSR count). The first-order chi connectivity index (χ1) is 12.2. The summed E-state index contributed by atoms with van der Waals surface area (Å²) < 4.78 is 0. The number of benzene rings is 2. The van der Waals surface area contributed by atoms with Crippen molar-refractivity contribution in [2.75, 3.05) is 5.33 Å². The first-order valence-corrected chi connectivity index (χ1v) is 9.50. The number of phenolic OH excluding ortho intramolecular Hbond substituents is 2. The van der Waals surface area contributed by atoms with Crippen LogP contribution in [-0.4, -0.2) is 42.5 Å². The van der Waals surface area contributed by atoms with Crippen LogP contribution in [0.1, 0.15) is 17.0 Å². The zero-order chi connectivity index (χ0) is 19.7. The molecule has 2 aromatic rings. The Hall–Kier alpha value is -2.06. The number of phenols is 2. The number of alkyl halides is 2. The fraction of sp³-hybridized carbons (Fsp3) is 0.222. The van der Waals surface area contributed by atoms with Crippen molar-refractivity contribution < 1.29 is 30.0 Å². The van der Waals surface area contributed by atoms with Gasteiger partial charge in [0.25, 0.3) is 0 Å². The van der Waals surface area contributed by atoms with Crippen molar-refractivity contribution in [2.45, 2.75) is 17.2 Å². The molecule has 0 heterocycles. The Bertz CT molecular complexity index is 715. The molecule has 26 heavy (non-hydrogen) atoms. The minimum atomic E-state index is -0.881. The molecule has 0 spiro atoms. The first-order valence-electron chi connectivity index (χ1n) is 7.47. The van der Waals surface area contributed by atoms with E-state index in [2.05, 4.69) is 31.9 Å². The summed E-state index contributed by atoms with van der Waals surface area (Å²) in [5, 5.41) is 35.7. The topological polar surface area (TPSA) is 115 Å². The monoisotopic (exact) mass is 488 g/mol. The molecule has 0 fully saturated rings. The fourth-order valence-corrected chi connectivity index (χ4v) is 2.96. The second-order valence-corrected chi connectivity index (χ2v) is 7.07. The predicted molar refractivity (Wildman–Crippen MR) is 104 cm³/mol. The quantitative estimate of drug-likeness (QED) is 0.459. The number of carbonyl (C=O) groups is 2. The Morgan fingerprint density at radius 1 is 0.846 bits per heavy atom. The van der Waals surface area contributed by atoms with Gasteiger partial charge < -0.3 is 20.4 Å². The Kier molecular flexibility index (Phi) is 9.15. The molecule has 8 heteroatoms. The zero-order valence-corrected chi connectivity index (χ0v) is 16.7. The third-order valence-electron chi connectivity index (χ3n) is 3.37. The molecule has 0 aliphatic carbocycles. The SMILES string of the molecule is O=C(O)C(Br)Cc1ccc(O)cc1.O=C(O)C(CBr)c1ccc(O)cc1. The van der Waals surface area contributed by atoms with Crippen LogP contribution in [0.3, 0.4) is 0 Å². The van der Waals surface area contributed by atoms with Crippen LogP contribution in [0.15, 0.2) is 48.5 Å². The van der Waals surface area contributed by atoms with Crippen LogP contribution in [0, 0.1) is 0 Å². The summed E-state index contributed by atoms with van der Waals surface area (Å²) in [6, 6.07) is 12.7. The van der Waals surface area contributed by atoms with Gasteiger partial charge in [0.2, 0.25) is 0 Å². The van der Waals surface area contributed by atoms with Gasteiger partial charge >= 0.3 is 11.9 Å². The Balaban J connectivity index is 0.000000260. The van der Waals surface area contributed by atoms with Gasteiger partial charge in [-0.25, -0.2) is 0 Å². The summed E-state index contributed by atoms with van der Waals surface area (Å²) >= 11 is 6.16. The normalized spacial score (nSPS) is 12.4. The lowest BCUT2D eigenvalue weighted by molar-refractivity contribution is -0.138. The molecule has 0 aliphatic heterocycles. The van der Waals surface area contributed by atoms with E-state index in [0.29, 0.717) is 17.3 Å². The highest BCUT2D eigenvalue weighted by atomic mass is 79.9. The first kappa shape index (κ1) is 22.0. The number of carboxylic acids is 2. The van der Waals surface area contributed by atoms with Gasteiger partial charge in [-0.2, -0.15) is 0 Å². The Labute approximate surface area is 167 Å². The molecule has 0 saturated carbocycles. The molecule has 6 nitrogen and oxygen atoms in total. The highest BCUT2D eigenvalue weighted by Crippen LogP contribution is 2.20. The molecule has 0 saturated heterocycles. The van der Waals surface area contributed by atoms with Crippen LogP contribution in [0.2, 0.25) is 0 Å². The number of hydrogen-bond donors (Lipinski definition) is 4. The molecule has 2 unspecified atom stereocenters. The maximum atomic E-state index is 10.7. The van der Waals surface area contributed by atoms with Crippen LogP contribution in [0.25, 0.3) is 0 Å². The summed E-state index contributed by atoms with van der Waals surface area (Å²) in [7, 11) is 0. The molecule has 0 amide bonds. The van der Waals surface area contributed by atoms with Gasteiger partial charge in [-0.1, -0.05) is 56.1 Å². The van der Waals surface area contributed by atoms with E-state index in [1.807, 2.05) is 0 Å². The predicted octanol–water partition coefficient (Wildman–Crippen LogP) is 3.74. The second kappa shape index (κ2) is 10.8. The molecule has 0 radical (unpaired) electrons. The van der Waals surface area contributed by atoms with E-state index in [-0.39, 0.29) is 11.5 Å². The molecule has 4 N–H and O–H groups in total. The van der Waals surface area contributed by atoms with Crippen molar-refractivity contribution in [1.82, 2.24) is 0 Å². The molecule has 0 aliphatic rings. The number of hydrogen-bond acceptors (Lipinski definition) is 4. The second-order valence-electron chi connectivity index (χ2n) is 5.31. The molecular formula is C18H18Br2O6. The van der Waals surface area contributed by atoms with Crippen molar-refractivity contribution >= 4 is 43.8 Å². The fourth-order valence-electron chi connectivity index (χ4n) is 1.93. The highest BCUT2D eigenvalue weighted by molar-refractivity contribution is 9.10. The standard InChI is InChI=1S/2C9H9BrO3/c10-5-8(9(12)13)6-1-3-7(11)4-2-6;10-8(9(12)13)5-6-1-3-7(11)4-2-6/h2*1-4,8,11H,5H2,(H,12,13). The van der Waals surface area contributed by atoms with Crippen LogP contribution in [-0.2, 0) is 16.0 Å². The van der Waals surface area contributed by atoms with Gasteiger partial charge in [-0.15, -0.1) is 0 Å². The van der Waals surface area contributed by atoms with Crippen LogP contribution in [0.4, 0.5) is 0 Å². The van der Waals surface area contributed by atoms with Crippen molar-refractivity contribution in [2.24, 2.45) is 0 Å². The lowest BCUT2D eigenvalue weighted by Crippen LogP contribution is -2.15. The van der Waals surface area contributed by atoms with E-state index < -0.39 is 22.7 Å². The van der Waals surface area contributed by atoms with Crippen LogP contribution in [0.5, 0.6) is 11.5 Å². The lowest BCUT2D eigenvalue weighted by atomic mass is 10.0. The number of aliphatic carboxylic acids is 2. The molecular weight excluding hydrogens is 472 g/mol. The Morgan fingerprint density at radius 3 is 1.69 bits per heavy atom. The number of halogens is 2. The average Bonchev–Trinajstić information content (AvgIpc) is 2.59. The van der Waals surface area contributed by atoms with E-state index in [1.54, 1.807) is 24.3 Å². The number of rotatable bonds is 6. The van der Waals surface area contributed by atoms with E-state index in [0.717, 1.165) is 5.56 Å². The van der Waals surface area contributed by atoms with Crippen molar-refractivity contribution in [1.29, 1.82) is 0 Å². The largest absolute Gasteiger partial charge is 0.508 e. The summed E-state index contributed by atoms with van der Waals surface area (Å²) in [4.78, 5) is 20.6. The average molecular weight is 490 g/mol. The van der Waals surface area contributed by atoms with Gasteiger partial charge in [-0.3, -0.25) is 9.59 Å². The number of aromatic hydroxyl groups is 2. The zero-order valence-electron chi connectivity index (χ0n) is 13.5. The van der Waals surface area contributed by atoms with Crippen LogP contribution >= 0.6 is 31.9 Å². The van der Waals surface area contributed by atoms with E-state index >= 15 is 0 Å².